The smallest absolute Gasteiger partial charge is 0.231 e. The third kappa shape index (κ3) is 36.2. The highest BCUT2D eigenvalue weighted by Crippen LogP contribution is 1.80. The molecule has 0 heterocycles. The van der Waals surface area contributed by atoms with Crippen molar-refractivity contribution in [2.24, 2.45) is 0 Å². The van der Waals surface area contributed by atoms with E-state index in [2.05, 4.69) is 0 Å². The number of hydrogen-bond donors (Lipinski definition) is 4. The molecule has 0 saturated carbocycles. The average molecular weight is 276 g/mol. The highest BCUT2D eigenvalue weighted by atomic mass is 16.1. The van der Waals surface area contributed by atoms with Crippen LogP contribution in [0.4, 0.5) is 0 Å². The Morgan fingerprint density at radius 1 is 0.450 bits per heavy atom. The van der Waals surface area contributed by atoms with E-state index < -0.39 is 0 Å². The maximum Gasteiger partial charge on any atom is 0.231 e. The van der Waals surface area contributed by atoms with Gasteiger partial charge in [-0.05, 0) is 0 Å². The molecule has 0 aliphatic heterocycles. The summed E-state index contributed by atoms with van der Waals surface area (Å²) in [6, 6.07) is 24.0. The van der Waals surface area contributed by atoms with Crippen molar-refractivity contribution < 1.29 is 9.59 Å². The maximum atomic E-state index is 8.35. The molecule has 0 atom stereocenters. The fourth-order valence-corrected chi connectivity index (χ4v) is 0.770. The molecule has 0 unspecified atom stereocenters. The number of isocyanates is 2. The summed E-state index contributed by atoms with van der Waals surface area (Å²) in [5.74, 6) is 0. The Morgan fingerprint density at radius 2 is 0.500 bits per heavy atom. The lowest BCUT2D eigenvalue weighted by atomic mass is 10.4. The van der Waals surface area contributed by atoms with Crippen molar-refractivity contribution in [3.63, 3.8) is 0 Å². The number of carbonyl (C=O) groups excluding carboxylic acids is 2. The van der Waals surface area contributed by atoms with E-state index >= 15 is 0 Å². The number of nitrogens with one attached hydrogen (secondary N) is 2. The summed E-state index contributed by atoms with van der Waals surface area (Å²) in [5, 5.41) is 10.8. The Balaban J connectivity index is -0.0000000874. The average Bonchev–Trinajstić information content (AvgIpc) is 2.45. The summed E-state index contributed by atoms with van der Waals surface area (Å²) in [7, 11) is 0. The lowest BCUT2D eigenvalue weighted by Crippen LogP contribution is -1.47. The molecule has 0 aromatic heterocycles. The lowest BCUT2D eigenvalue weighted by Gasteiger charge is -1.69. The van der Waals surface area contributed by atoms with E-state index in [0.29, 0.717) is 0 Å². The molecule has 2 aromatic rings. The first-order chi connectivity index (χ1) is 8.83. The Labute approximate surface area is 118 Å². The van der Waals surface area contributed by atoms with Crippen LogP contribution in [-0.2, 0) is 9.59 Å². The van der Waals surface area contributed by atoms with Crippen LogP contribution < -0.4 is 12.3 Å². The van der Waals surface area contributed by atoms with Crippen LogP contribution in [0.25, 0.3) is 0 Å². The molecule has 0 aliphatic rings. The first kappa shape index (κ1) is 25.8. The molecule has 0 spiro atoms. The van der Waals surface area contributed by atoms with Gasteiger partial charge in [-0.25, -0.2) is 20.4 Å². The molecule has 20 heavy (non-hydrogen) atoms. The second kappa shape index (κ2) is 29.8. The third-order valence-corrected chi connectivity index (χ3v) is 1.33. The van der Waals surface area contributed by atoms with Crippen LogP contribution in [0, 0.1) is 10.8 Å². The predicted molar refractivity (Wildman–Crippen MR) is 79.8 cm³/mol. The normalized spacial score (nSPS) is 5.60. The molecule has 0 amide bonds. The molecule has 108 valence electrons. The molecule has 0 fully saturated rings. The fraction of sp³-hybridized carbons (Fsp3) is 0. The van der Waals surface area contributed by atoms with E-state index in [9.17, 15) is 0 Å². The van der Waals surface area contributed by atoms with Crippen LogP contribution in [-0.4, -0.2) is 12.2 Å². The summed E-state index contributed by atoms with van der Waals surface area (Å²) in [6.07, 6.45) is 1.50. The fourth-order valence-electron chi connectivity index (χ4n) is 0.770. The van der Waals surface area contributed by atoms with Gasteiger partial charge in [0.25, 0.3) is 0 Å². The third-order valence-electron chi connectivity index (χ3n) is 1.33. The van der Waals surface area contributed by atoms with Crippen LogP contribution in [0.5, 0.6) is 0 Å². The molecule has 0 bridgehead atoms. The van der Waals surface area contributed by atoms with Crippen LogP contribution in [0.1, 0.15) is 0 Å². The van der Waals surface area contributed by atoms with Crippen molar-refractivity contribution in [1.82, 2.24) is 12.3 Å². The largest absolute Gasteiger partial charge is 0.344 e. The molecule has 6 nitrogen and oxygen atoms in total. The summed E-state index contributed by atoms with van der Waals surface area (Å²) in [5.41, 5.74) is 0. The van der Waals surface area contributed by atoms with Crippen molar-refractivity contribution in [2.75, 3.05) is 0 Å². The molecule has 8 N–H and O–H groups in total. The molecule has 2 aromatic carbocycles. The summed E-state index contributed by atoms with van der Waals surface area (Å²) in [4.78, 5) is 16.7. The van der Waals surface area contributed by atoms with E-state index in [1.165, 1.54) is 0 Å². The Morgan fingerprint density at radius 3 is 0.550 bits per heavy atom. The van der Waals surface area contributed by atoms with Gasteiger partial charge in [0.1, 0.15) is 0 Å². The van der Waals surface area contributed by atoms with Crippen molar-refractivity contribution >= 4 is 12.2 Å². The monoisotopic (exact) mass is 276 g/mol. The summed E-state index contributed by atoms with van der Waals surface area (Å²) >= 11 is 0. The number of hydrogen-bond acceptors (Lipinski definition) is 6. The van der Waals surface area contributed by atoms with E-state index in [0.717, 1.165) is 12.2 Å². The minimum atomic E-state index is 0. The molecule has 0 radical (unpaired) electrons. The molecular formula is C14H20N4O2. The van der Waals surface area contributed by atoms with E-state index in [1.807, 2.05) is 72.8 Å². The molecule has 6 heteroatoms. The highest BCUT2D eigenvalue weighted by Gasteiger charge is 1.58. The Bertz CT molecular complexity index is 327. The number of benzene rings is 2. The van der Waals surface area contributed by atoms with Crippen molar-refractivity contribution in [3.8, 4) is 0 Å². The molecular weight excluding hydrogens is 256 g/mol. The second-order valence-electron chi connectivity index (χ2n) is 2.51. The van der Waals surface area contributed by atoms with Gasteiger partial charge < -0.3 is 12.3 Å². The summed E-state index contributed by atoms with van der Waals surface area (Å²) in [6.45, 7) is 0. The van der Waals surface area contributed by atoms with Gasteiger partial charge in [0.2, 0.25) is 12.2 Å². The van der Waals surface area contributed by atoms with Gasteiger partial charge in [-0.3, -0.25) is 0 Å². The maximum absolute atomic E-state index is 8.35. The molecule has 2 rings (SSSR count). The van der Waals surface area contributed by atoms with Crippen molar-refractivity contribution in [3.05, 3.63) is 72.8 Å². The Hall–Kier alpha value is -2.88. The first-order valence-corrected chi connectivity index (χ1v) is 4.91. The van der Waals surface area contributed by atoms with Crippen LogP contribution >= 0.6 is 0 Å². The Kier molecular flexibility index (Phi) is 38.5. The standard InChI is InChI=1S/2C6H6.2CHNO.2H3N/c2*1-2-4-6-5-3-1;2*2-1-3;;/h2*1-6H;2*2H;2*1H3. The van der Waals surface area contributed by atoms with Crippen LogP contribution in [0.15, 0.2) is 72.8 Å². The SMILES string of the molecule is N.N.N=C=O.N=C=O.c1ccccc1.c1ccccc1. The van der Waals surface area contributed by atoms with Crippen molar-refractivity contribution in [1.29, 1.82) is 10.8 Å². The van der Waals surface area contributed by atoms with Gasteiger partial charge in [-0.1, -0.05) is 72.8 Å². The van der Waals surface area contributed by atoms with Crippen molar-refractivity contribution in [2.45, 2.75) is 0 Å². The second-order valence-corrected chi connectivity index (χ2v) is 2.51. The topological polar surface area (TPSA) is 152 Å². The van der Waals surface area contributed by atoms with E-state index in [1.54, 1.807) is 0 Å². The van der Waals surface area contributed by atoms with Gasteiger partial charge in [0, 0.05) is 0 Å². The van der Waals surface area contributed by atoms with E-state index in [-0.39, 0.29) is 12.3 Å². The van der Waals surface area contributed by atoms with Gasteiger partial charge in [0.15, 0.2) is 0 Å². The number of rotatable bonds is 0. The quantitative estimate of drug-likeness (QED) is 0.429. The zero-order valence-electron chi connectivity index (χ0n) is 11.2. The highest BCUT2D eigenvalue weighted by molar-refractivity contribution is 5.26. The van der Waals surface area contributed by atoms with Gasteiger partial charge in [-0.2, -0.15) is 0 Å². The van der Waals surface area contributed by atoms with Gasteiger partial charge in [-0.15, -0.1) is 0 Å². The zero-order valence-corrected chi connectivity index (χ0v) is 11.2. The predicted octanol–water partition coefficient (Wildman–Crippen LogP) is 3.50. The summed E-state index contributed by atoms with van der Waals surface area (Å²) < 4.78 is 0. The first-order valence-electron chi connectivity index (χ1n) is 4.91. The van der Waals surface area contributed by atoms with Crippen LogP contribution in [0.3, 0.4) is 0 Å². The lowest BCUT2D eigenvalue weighted by molar-refractivity contribution is 0.562. The minimum Gasteiger partial charge on any atom is -0.344 e. The molecule has 0 aliphatic carbocycles. The molecule has 0 saturated heterocycles. The minimum absolute atomic E-state index is 0. The zero-order chi connectivity index (χ0) is 13.9. The van der Waals surface area contributed by atoms with Gasteiger partial charge in [0.05, 0.1) is 0 Å². The van der Waals surface area contributed by atoms with Crippen LogP contribution in [0.2, 0.25) is 0 Å². The van der Waals surface area contributed by atoms with E-state index in [4.69, 9.17) is 20.4 Å². The van der Waals surface area contributed by atoms with Gasteiger partial charge >= 0.3 is 0 Å².